The van der Waals surface area contributed by atoms with Crippen LogP contribution in [0.15, 0.2) is 36.9 Å². The lowest BCUT2D eigenvalue weighted by Gasteiger charge is -2.18. The summed E-state index contributed by atoms with van der Waals surface area (Å²) in [6.45, 7) is 4.61. The van der Waals surface area contributed by atoms with Gasteiger partial charge in [0.25, 0.3) is 0 Å². The Bertz CT molecular complexity index is 358. The van der Waals surface area contributed by atoms with Gasteiger partial charge >= 0.3 is 0 Å². The molecule has 1 atom stereocenters. The fourth-order valence-corrected chi connectivity index (χ4v) is 2.03. The van der Waals surface area contributed by atoms with Crippen molar-refractivity contribution < 1.29 is 4.74 Å². The van der Waals surface area contributed by atoms with Crippen LogP contribution in [-0.4, -0.2) is 13.7 Å². The molecule has 16 heavy (non-hydrogen) atoms. The number of ether oxygens (including phenoxy) is 1. The van der Waals surface area contributed by atoms with Gasteiger partial charge in [0.15, 0.2) is 0 Å². The van der Waals surface area contributed by atoms with Crippen LogP contribution in [0.4, 0.5) is 0 Å². The van der Waals surface area contributed by atoms with E-state index in [2.05, 4.69) is 30.1 Å². The van der Waals surface area contributed by atoms with E-state index in [4.69, 9.17) is 4.74 Å². The molecule has 0 radical (unpaired) electrons. The van der Waals surface area contributed by atoms with Crippen molar-refractivity contribution in [1.29, 1.82) is 0 Å². The van der Waals surface area contributed by atoms with Gasteiger partial charge in [0.1, 0.15) is 5.75 Å². The summed E-state index contributed by atoms with van der Waals surface area (Å²) in [5, 5.41) is 3.53. The lowest BCUT2D eigenvalue weighted by Crippen LogP contribution is -2.23. The second-order valence-electron chi connectivity index (χ2n) is 4.29. The van der Waals surface area contributed by atoms with Crippen LogP contribution < -0.4 is 10.1 Å². The molecule has 0 spiro atoms. The Morgan fingerprint density at radius 2 is 2.38 bits per heavy atom. The number of methoxy groups -OCH3 is 1. The van der Waals surface area contributed by atoms with Crippen molar-refractivity contribution in [1.82, 2.24) is 5.32 Å². The van der Waals surface area contributed by atoms with Crippen molar-refractivity contribution in [3.05, 3.63) is 42.5 Å². The highest BCUT2D eigenvalue weighted by molar-refractivity contribution is 5.31. The van der Waals surface area contributed by atoms with Crippen LogP contribution in [0.1, 0.15) is 24.4 Å². The van der Waals surface area contributed by atoms with Crippen LogP contribution >= 0.6 is 0 Å². The van der Waals surface area contributed by atoms with Gasteiger partial charge in [-0.25, -0.2) is 0 Å². The van der Waals surface area contributed by atoms with E-state index in [0.29, 0.717) is 6.04 Å². The smallest absolute Gasteiger partial charge is 0.119 e. The number of nitrogens with one attached hydrogen (secondary N) is 1. The molecule has 1 aromatic carbocycles. The summed E-state index contributed by atoms with van der Waals surface area (Å²) in [7, 11) is 1.71. The van der Waals surface area contributed by atoms with E-state index >= 15 is 0 Å². The predicted octanol–water partition coefficient (Wildman–Crippen LogP) is 2.92. The van der Waals surface area contributed by atoms with Gasteiger partial charge in [-0.15, -0.1) is 6.58 Å². The monoisotopic (exact) mass is 217 g/mol. The summed E-state index contributed by atoms with van der Waals surface area (Å²) in [4.78, 5) is 0. The third kappa shape index (κ3) is 2.64. The third-order valence-corrected chi connectivity index (χ3v) is 3.03. The van der Waals surface area contributed by atoms with Crippen LogP contribution in [0, 0.1) is 5.92 Å². The van der Waals surface area contributed by atoms with Crippen LogP contribution in [0.3, 0.4) is 0 Å². The average molecular weight is 217 g/mol. The maximum absolute atomic E-state index is 5.26. The first-order valence-electron chi connectivity index (χ1n) is 5.83. The molecule has 0 amide bonds. The summed E-state index contributed by atoms with van der Waals surface area (Å²) < 4.78 is 5.26. The zero-order valence-corrected chi connectivity index (χ0v) is 9.78. The fraction of sp³-hybridized carbons (Fsp3) is 0.429. The number of benzene rings is 1. The lowest BCUT2D eigenvalue weighted by atomic mass is 10.0. The first-order chi connectivity index (χ1) is 7.85. The van der Waals surface area contributed by atoms with Gasteiger partial charge in [0, 0.05) is 12.6 Å². The van der Waals surface area contributed by atoms with Crippen molar-refractivity contribution in [3.8, 4) is 5.75 Å². The van der Waals surface area contributed by atoms with Crippen molar-refractivity contribution >= 4 is 0 Å². The summed E-state index contributed by atoms with van der Waals surface area (Å²) >= 11 is 0. The minimum atomic E-state index is 0.452. The van der Waals surface area contributed by atoms with Crippen molar-refractivity contribution in [2.45, 2.75) is 18.9 Å². The molecule has 0 unspecified atom stereocenters. The zero-order chi connectivity index (χ0) is 11.4. The maximum Gasteiger partial charge on any atom is 0.119 e. The molecule has 2 rings (SSSR count). The molecule has 0 heterocycles. The van der Waals surface area contributed by atoms with E-state index in [1.54, 1.807) is 7.11 Å². The van der Waals surface area contributed by atoms with Crippen LogP contribution in [0.2, 0.25) is 0 Å². The quantitative estimate of drug-likeness (QED) is 0.740. The Hall–Kier alpha value is -1.28. The first kappa shape index (κ1) is 11.2. The summed E-state index contributed by atoms with van der Waals surface area (Å²) in [5.41, 5.74) is 1.32. The minimum absolute atomic E-state index is 0.452. The van der Waals surface area contributed by atoms with Crippen LogP contribution in [0.25, 0.3) is 0 Å². The molecule has 1 saturated carbocycles. The molecule has 1 N–H and O–H groups in total. The topological polar surface area (TPSA) is 21.3 Å². The van der Waals surface area contributed by atoms with Gasteiger partial charge in [-0.2, -0.15) is 0 Å². The standard InChI is InChI=1S/C14H19NO/c1-3-9-15-14(11-7-8-11)12-5-4-6-13(10-12)16-2/h3-6,10-11,14-15H,1,7-9H2,2H3/t14-/m1/s1. The highest BCUT2D eigenvalue weighted by Gasteiger charge is 2.31. The minimum Gasteiger partial charge on any atom is -0.497 e. The van der Waals surface area contributed by atoms with Crippen molar-refractivity contribution in [2.75, 3.05) is 13.7 Å². The molecular weight excluding hydrogens is 198 g/mol. The normalized spacial score (nSPS) is 16.8. The number of rotatable bonds is 6. The van der Waals surface area contributed by atoms with E-state index < -0.39 is 0 Å². The van der Waals surface area contributed by atoms with Gasteiger partial charge in [-0.05, 0) is 36.5 Å². The molecule has 2 nitrogen and oxygen atoms in total. The van der Waals surface area contributed by atoms with E-state index in [-0.39, 0.29) is 0 Å². The Morgan fingerprint density at radius 1 is 1.56 bits per heavy atom. The molecule has 1 aromatic rings. The van der Waals surface area contributed by atoms with Crippen LogP contribution in [0.5, 0.6) is 5.75 Å². The Morgan fingerprint density at radius 3 is 3.00 bits per heavy atom. The van der Waals surface area contributed by atoms with Gasteiger partial charge in [0.2, 0.25) is 0 Å². The van der Waals surface area contributed by atoms with Crippen molar-refractivity contribution in [2.24, 2.45) is 5.92 Å². The Balaban J connectivity index is 2.13. The van der Waals surface area contributed by atoms with E-state index in [1.165, 1.54) is 18.4 Å². The highest BCUT2D eigenvalue weighted by atomic mass is 16.5. The number of hydrogen-bond donors (Lipinski definition) is 1. The Kier molecular flexibility index (Phi) is 3.62. The molecule has 86 valence electrons. The van der Waals surface area contributed by atoms with E-state index in [1.807, 2.05) is 12.1 Å². The second kappa shape index (κ2) is 5.17. The number of hydrogen-bond acceptors (Lipinski definition) is 2. The largest absolute Gasteiger partial charge is 0.497 e. The maximum atomic E-state index is 5.26. The molecule has 0 aliphatic heterocycles. The first-order valence-corrected chi connectivity index (χ1v) is 5.83. The third-order valence-electron chi connectivity index (χ3n) is 3.03. The van der Waals surface area contributed by atoms with E-state index in [0.717, 1.165) is 18.2 Å². The average Bonchev–Trinajstić information content (AvgIpc) is 3.14. The molecule has 1 aliphatic rings. The second-order valence-corrected chi connectivity index (χ2v) is 4.29. The molecule has 0 aromatic heterocycles. The van der Waals surface area contributed by atoms with Gasteiger partial charge in [-0.1, -0.05) is 18.2 Å². The molecule has 0 saturated heterocycles. The summed E-state index contributed by atoms with van der Waals surface area (Å²) in [6, 6.07) is 8.79. The SMILES string of the molecule is C=CCN[C@@H](c1cccc(OC)c1)C1CC1. The highest BCUT2D eigenvalue weighted by Crippen LogP contribution is 2.41. The summed E-state index contributed by atoms with van der Waals surface area (Å²) in [6.07, 6.45) is 4.56. The molecule has 1 aliphatic carbocycles. The summed E-state index contributed by atoms with van der Waals surface area (Å²) in [5.74, 6) is 1.72. The van der Waals surface area contributed by atoms with Crippen LogP contribution in [-0.2, 0) is 0 Å². The van der Waals surface area contributed by atoms with Gasteiger partial charge in [0.05, 0.1) is 7.11 Å². The Labute approximate surface area is 97.3 Å². The zero-order valence-electron chi connectivity index (χ0n) is 9.78. The fourth-order valence-electron chi connectivity index (χ4n) is 2.03. The lowest BCUT2D eigenvalue weighted by molar-refractivity contribution is 0.412. The van der Waals surface area contributed by atoms with Crippen molar-refractivity contribution in [3.63, 3.8) is 0 Å². The predicted molar refractivity (Wildman–Crippen MR) is 66.7 cm³/mol. The molecular formula is C14H19NO. The molecule has 0 bridgehead atoms. The molecule has 2 heteroatoms. The van der Waals surface area contributed by atoms with Gasteiger partial charge < -0.3 is 10.1 Å². The van der Waals surface area contributed by atoms with Gasteiger partial charge in [-0.3, -0.25) is 0 Å². The molecule has 1 fully saturated rings. The van der Waals surface area contributed by atoms with E-state index in [9.17, 15) is 0 Å².